The Hall–Kier alpha value is -2.83. The van der Waals surface area contributed by atoms with Gasteiger partial charge in [-0.15, -0.1) is 0 Å². The largest absolute Gasteiger partial charge is 0.465 e. The summed E-state index contributed by atoms with van der Waals surface area (Å²) in [6.07, 6.45) is 5.58. The molecule has 0 aliphatic heterocycles. The molecule has 25 heavy (non-hydrogen) atoms. The third-order valence-electron chi connectivity index (χ3n) is 3.28. The molecule has 0 unspecified atom stereocenters. The lowest BCUT2D eigenvalue weighted by Crippen LogP contribution is -2.32. The van der Waals surface area contributed by atoms with Gasteiger partial charge in [0.2, 0.25) is 0 Å². The minimum atomic E-state index is -0.510. The smallest absolute Gasteiger partial charge is 0.407 e. The first-order chi connectivity index (χ1) is 11.8. The Labute approximate surface area is 146 Å². The van der Waals surface area contributed by atoms with Crippen molar-refractivity contribution in [3.63, 3.8) is 0 Å². The first-order valence-electron chi connectivity index (χ1n) is 7.99. The topological polar surface area (TPSA) is 93.3 Å². The first kappa shape index (κ1) is 18.5. The molecule has 1 heterocycles. The van der Waals surface area contributed by atoms with E-state index in [2.05, 4.69) is 15.5 Å². The standard InChI is InChI=1S/C18H23N3O4/c1-18(2,3)25-17(23)19-8-6-5-7-12-9-13(16(22)24-4)14-11-20-21-15(14)10-12/h5,7,9-11H,6,8H2,1-4H3,(H,19,23)(H,20,21). The number of benzene rings is 1. The molecule has 1 aromatic heterocycles. The second-order valence-electron chi connectivity index (χ2n) is 6.51. The third-order valence-corrected chi connectivity index (χ3v) is 3.28. The number of aromatic amines is 1. The van der Waals surface area contributed by atoms with Gasteiger partial charge in [0.05, 0.1) is 24.4 Å². The van der Waals surface area contributed by atoms with Crippen LogP contribution < -0.4 is 5.32 Å². The Bertz CT molecular complexity index is 787. The van der Waals surface area contributed by atoms with E-state index in [-0.39, 0.29) is 0 Å². The van der Waals surface area contributed by atoms with Crippen molar-refractivity contribution in [1.82, 2.24) is 15.5 Å². The normalized spacial score (nSPS) is 11.7. The van der Waals surface area contributed by atoms with Crippen LogP contribution in [0.3, 0.4) is 0 Å². The van der Waals surface area contributed by atoms with Gasteiger partial charge in [0.25, 0.3) is 0 Å². The van der Waals surface area contributed by atoms with Crippen molar-refractivity contribution < 1.29 is 19.1 Å². The van der Waals surface area contributed by atoms with E-state index >= 15 is 0 Å². The molecular formula is C18H23N3O4. The number of methoxy groups -OCH3 is 1. The van der Waals surface area contributed by atoms with E-state index in [0.29, 0.717) is 18.5 Å². The van der Waals surface area contributed by atoms with Crippen LogP contribution in [0.15, 0.2) is 24.4 Å². The zero-order valence-corrected chi connectivity index (χ0v) is 14.9. The maximum Gasteiger partial charge on any atom is 0.407 e. The number of ether oxygens (including phenoxy) is 2. The van der Waals surface area contributed by atoms with Crippen LogP contribution in [0.5, 0.6) is 0 Å². The van der Waals surface area contributed by atoms with Crippen molar-refractivity contribution in [2.45, 2.75) is 32.8 Å². The van der Waals surface area contributed by atoms with Crippen molar-refractivity contribution in [2.75, 3.05) is 13.7 Å². The summed E-state index contributed by atoms with van der Waals surface area (Å²) in [7, 11) is 1.35. The monoisotopic (exact) mass is 345 g/mol. The van der Waals surface area contributed by atoms with Crippen molar-refractivity contribution in [3.05, 3.63) is 35.5 Å². The number of nitrogens with zero attached hydrogens (tertiary/aromatic N) is 1. The second kappa shape index (κ2) is 7.83. The fourth-order valence-corrected chi connectivity index (χ4v) is 2.24. The minimum Gasteiger partial charge on any atom is -0.465 e. The van der Waals surface area contributed by atoms with Crippen molar-refractivity contribution >= 4 is 29.0 Å². The number of hydrogen-bond acceptors (Lipinski definition) is 5. The highest BCUT2D eigenvalue weighted by atomic mass is 16.6. The molecule has 0 saturated heterocycles. The molecule has 0 saturated carbocycles. The van der Waals surface area contributed by atoms with Crippen LogP contribution >= 0.6 is 0 Å². The van der Waals surface area contributed by atoms with Gasteiger partial charge in [0.15, 0.2) is 0 Å². The van der Waals surface area contributed by atoms with Gasteiger partial charge in [0, 0.05) is 11.9 Å². The first-order valence-corrected chi connectivity index (χ1v) is 7.99. The molecule has 2 aromatic rings. The van der Waals surface area contributed by atoms with E-state index in [1.807, 2.05) is 39.0 Å². The van der Waals surface area contributed by atoms with Crippen molar-refractivity contribution in [2.24, 2.45) is 0 Å². The summed E-state index contributed by atoms with van der Waals surface area (Å²) in [6.45, 7) is 5.91. The van der Waals surface area contributed by atoms with E-state index < -0.39 is 17.7 Å². The minimum absolute atomic E-state index is 0.409. The summed E-state index contributed by atoms with van der Waals surface area (Å²) in [6, 6.07) is 3.65. The van der Waals surface area contributed by atoms with Gasteiger partial charge in [-0.05, 0) is 44.9 Å². The lowest BCUT2D eigenvalue weighted by Gasteiger charge is -2.19. The maximum absolute atomic E-state index is 11.9. The number of esters is 1. The molecule has 134 valence electrons. The molecule has 0 radical (unpaired) electrons. The number of nitrogens with one attached hydrogen (secondary N) is 2. The zero-order valence-electron chi connectivity index (χ0n) is 14.9. The number of aromatic nitrogens is 2. The Kier molecular flexibility index (Phi) is 5.80. The number of alkyl carbamates (subject to hydrolysis) is 1. The van der Waals surface area contributed by atoms with E-state index in [0.717, 1.165) is 16.5 Å². The predicted molar refractivity (Wildman–Crippen MR) is 95.3 cm³/mol. The van der Waals surface area contributed by atoms with Crippen LogP contribution in [-0.2, 0) is 9.47 Å². The molecular weight excluding hydrogens is 322 g/mol. The summed E-state index contributed by atoms with van der Waals surface area (Å²) in [5.74, 6) is -0.409. The fraction of sp³-hybridized carbons (Fsp3) is 0.389. The summed E-state index contributed by atoms with van der Waals surface area (Å²) in [4.78, 5) is 23.4. The Morgan fingerprint density at radius 3 is 2.76 bits per heavy atom. The highest BCUT2D eigenvalue weighted by Crippen LogP contribution is 2.21. The van der Waals surface area contributed by atoms with Crippen molar-refractivity contribution in [1.29, 1.82) is 0 Å². The summed E-state index contributed by atoms with van der Waals surface area (Å²) in [5, 5.41) is 10.2. The Morgan fingerprint density at radius 2 is 2.08 bits per heavy atom. The highest BCUT2D eigenvalue weighted by Gasteiger charge is 2.15. The number of amides is 1. The van der Waals surface area contributed by atoms with Gasteiger partial charge in [0.1, 0.15) is 5.60 Å². The lowest BCUT2D eigenvalue weighted by atomic mass is 10.1. The summed E-state index contributed by atoms with van der Waals surface area (Å²) in [5.41, 5.74) is 1.55. The zero-order chi connectivity index (χ0) is 18.4. The quantitative estimate of drug-likeness (QED) is 0.641. The molecule has 1 aromatic carbocycles. The molecule has 2 N–H and O–H groups in total. The van der Waals surface area contributed by atoms with Crippen LogP contribution in [0, 0.1) is 0 Å². The number of carbonyl (C=O) groups is 2. The predicted octanol–water partition coefficient (Wildman–Crippen LogP) is 3.28. The van der Waals surface area contributed by atoms with Crippen LogP contribution in [0.1, 0.15) is 43.1 Å². The number of hydrogen-bond donors (Lipinski definition) is 2. The molecule has 0 aliphatic rings. The van der Waals surface area contributed by atoms with Crippen LogP contribution in [0.4, 0.5) is 4.79 Å². The van der Waals surface area contributed by atoms with Gasteiger partial charge < -0.3 is 14.8 Å². The van der Waals surface area contributed by atoms with Crippen LogP contribution in [0.25, 0.3) is 17.0 Å². The van der Waals surface area contributed by atoms with Gasteiger partial charge in [-0.1, -0.05) is 12.2 Å². The number of carbonyl (C=O) groups excluding carboxylic acids is 2. The van der Waals surface area contributed by atoms with Crippen LogP contribution in [-0.4, -0.2) is 41.5 Å². The molecule has 0 spiro atoms. The van der Waals surface area contributed by atoms with E-state index in [9.17, 15) is 9.59 Å². The lowest BCUT2D eigenvalue weighted by molar-refractivity contribution is 0.0527. The third kappa shape index (κ3) is 5.34. The molecule has 7 heteroatoms. The average molecular weight is 345 g/mol. The summed E-state index contributed by atoms with van der Waals surface area (Å²) >= 11 is 0. The molecule has 0 bridgehead atoms. The van der Waals surface area contributed by atoms with Gasteiger partial charge in [-0.25, -0.2) is 9.59 Å². The number of fused-ring (bicyclic) bond motifs is 1. The van der Waals surface area contributed by atoms with E-state index in [1.165, 1.54) is 7.11 Å². The molecule has 0 atom stereocenters. The summed E-state index contributed by atoms with van der Waals surface area (Å²) < 4.78 is 9.97. The Morgan fingerprint density at radius 1 is 1.32 bits per heavy atom. The second-order valence-corrected chi connectivity index (χ2v) is 6.51. The molecule has 0 aliphatic carbocycles. The Balaban J connectivity index is 1.97. The highest BCUT2D eigenvalue weighted by molar-refractivity contribution is 6.04. The van der Waals surface area contributed by atoms with E-state index in [4.69, 9.17) is 9.47 Å². The fourth-order valence-electron chi connectivity index (χ4n) is 2.24. The van der Waals surface area contributed by atoms with E-state index in [1.54, 1.807) is 12.3 Å². The van der Waals surface area contributed by atoms with Crippen molar-refractivity contribution in [3.8, 4) is 0 Å². The molecule has 7 nitrogen and oxygen atoms in total. The van der Waals surface area contributed by atoms with Gasteiger partial charge in [-0.2, -0.15) is 5.10 Å². The molecule has 0 fully saturated rings. The van der Waals surface area contributed by atoms with Gasteiger partial charge in [-0.3, -0.25) is 5.10 Å². The van der Waals surface area contributed by atoms with Gasteiger partial charge >= 0.3 is 12.1 Å². The SMILES string of the molecule is COC(=O)c1cc(C=CCCNC(=O)OC(C)(C)C)cc2[nH]ncc12. The molecule has 1 amide bonds. The number of rotatable bonds is 5. The van der Waals surface area contributed by atoms with Crippen LogP contribution in [0.2, 0.25) is 0 Å². The average Bonchev–Trinajstić information content (AvgIpc) is 2.99. The molecule has 2 rings (SSSR count). The maximum atomic E-state index is 11.9. The number of H-pyrrole nitrogens is 1.